The van der Waals surface area contributed by atoms with Gasteiger partial charge in [0.15, 0.2) is 0 Å². The molecule has 4 rings (SSSR count). The van der Waals surface area contributed by atoms with E-state index in [2.05, 4.69) is 20.8 Å². The third-order valence-corrected chi connectivity index (χ3v) is 7.78. The van der Waals surface area contributed by atoms with Crippen molar-refractivity contribution in [3.8, 4) is 5.75 Å². The van der Waals surface area contributed by atoms with E-state index in [0.717, 1.165) is 47.4 Å². The molecule has 176 valence electrons. The highest BCUT2D eigenvalue weighted by atomic mass is 32.1. The van der Waals surface area contributed by atoms with E-state index in [0.29, 0.717) is 12.2 Å². The highest BCUT2D eigenvalue weighted by Crippen LogP contribution is 2.46. The number of likely N-dealkylation sites (tertiary alicyclic amines) is 1. The van der Waals surface area contributed by atoms with E-state index < -0.39 is 17.7 Å². The summed E-state index contributed by atoms with van der Waals surface area (Å²) >= 11 is 1.53. The maximum atomic E-state index is 13.3. The second kappa shape index (κ2) is 8.98. The number of nitrogens with zero attached hydrogens (tertiary/aromatic N) is 1. The van der Waals surface area contributed by atoms with Crippen LogP contribution in [0.1, 0.15) is 81.0 Å². The van der Waals surface area contributed by atoms with Crippen molar-refractivity contribution < 1.29 is 19.4 Å². The van der Waals surface area contributed by atoms with Gasteiger partial charge in [0.2, 0.25) is 0 Å². The van der Waals surface area contributed by atoms with Crippen molar-refractivity contribution >= 4 is 28.8 Å². The monoisotopic (exact) mass is 467 g/mol. The first-order valence-corrected chi connectivity index (χ1v) is 12.6. The van der Waals surface area contributed by atoms with Crippen LogP contribution < -0.4 is 4.74 Å². The molecule has 2 aromatic rings. The number of aliphatic hydroxyl groups is 1. The van der Waals surface area contributed by atoms with Crippen LogP contribution in [-0.2, 0) is 15.0 Å². The standard InChI is InChI=1S/C27H33NO4S/c1-6-32-20-12-11-17(15-19(20)27(3,4)5)23(29)21-22(25-16(2)13-14-33-25)28(26(31)24(21)30)18-9-7-8-10-18/h11-15,18,22,29H,6-10H2,1-5H3/b23-21-. The zero-order chi connectivity index (χ0) is 23.9. The molecular weight excluding hydrogens is 434 g/mol. The van der Waals surface area contributed by atoms with Gasteiger partial charge in [0, 0.05) is 22.0 Å². The number of ether oxygens (including phenoxy) is 1. The molecule has 2 aliphatic rings. The lowest BCUT2D eigenvalue weighted by molar-refractivity contribution is -0.141. The fourth-order valence-electron chi connectivity index (χ4n) is 5.03. The van der Waals surface area contributed by atoms with Gasteiger partial charge in [-0.25, -0.2) is 0 Å². The van der Waals surface area contributed by atoms with Gasteiger partial charge in [-0.3, -0.25) is 9.59 Å². The summed E-state index contributed by atoms with van der Waals surface area (Å²) in [6.07, 6.45) is 3.89. The van der Waals surface area contributed by atoms with E-state index in [4.69, 9.17) is 4.74 Å². The molecule has 1 N–H and O–H groups in total. The Morgan fingerprint density at radius 3 is 2.45 bits per heavy atom. The number of Topliss-reactive ketones (excluding diaryl/α,β-unsaturated/α-hetero) is 1. The van der Waals surface area contributed by atoms with E-state index in [1.807, 2.05) is 37.4 Å². The first-order chi connectivity index (χ1) is 15.6. The molecular formula is C27H33NO4S. The van der Waals surface area contributed by atoms with E-state index in [1.54, 1.807) is 11.0 Å². The average molecular weight is 468 g/mol. The molecule has 0 spiro atoms. The van der Waals surface area contributed by atoms with Crippen LogP contribution in [0, 0.1) is 6.92 Å². The lowest BCUT2D eigenvalue weighted by atomic mass is 9.84. The van der Waals surface area contributed by atoms with Gasteiger partial charge in [-0.2, -0.15) is 0 Å². The Labute approximate surface area is 200 Å². The summed E-state index contributed by atoms with van der Waals surface area (Å²) in [5, 5.41) is 13.5. The molecule has 1 atom stereocenters. The van der Waals surface area contributed by atoms with E-state index >= 15 is 0 Å². The fraction of sp³-hybridized carbons (Fsp3) is 0.481. The number of hydrogen-bond acceptors (Lipinski definition) is 5. The third kappa shape index (κ3) is 4.21. The molecule has 1 aromatic heterocycles. The summed E-state index contributed by atoms with van der Waals surface area (Å²) in [5.74, 6) is -0.439. The first-order valence-electron chi connectivity index (χ1n) is 11.8. The summed E-state index contributed by atoms with van der Waals surface area (Å²) in [5.41, 5.74) is 2.49. The number of carbonyl (C=O) groups excluding carboxylic acids is 2. The normalized spacial score (nSPS) is 21.2. The summed E-state index contributed by atoms with van der Waals surface area (Å²) < 4.78 is 5.82. The summed E-state index contributed by atoms with van der Waals surface area (Å²) in [6, 6.07) is 7.00. The Hall–Kier alpha value is -2.60. The maximum Gasteiger partial charge on any atom is 0.295 e. The Bertz CT molecular complexity index is 1100. The number of aliphatic hydroxyl groups excluding tert-OH is 1. The smallest absolute Gasteiger partial charge is 0.295 e. The molecule has 2 fully saturated rings. The number of ketones is 1. The maximum absolute atomic E-state index is 13.3. The van der Waals surface area contributed by atoms with Crippen LogP contribution in [0.15, 0.2) is 35.2 Å². The minimum absolute atomic E-state index is 0.0312. The van der Waals surface area contributed by atoms with Gasteiger partial charge in [-0.15, -0.1) is 11.3 Å². The molecule has 5 nitrogen and oxygen atoms in total. The largest absolute Gasteiger partial charge is 0.507 e. The van der Waals surface area contributed by atoms with E-state index in [1.165, 1.54) is 11.3 Å². The molecule has 0 radical (unpaired) electrons. The molecule has 1 saturated carbocycles. The van der Waals surface area contributed by atoms with Gasteiger partial charge in [-0.05, 0) is 67.3 Å². The molecule has 2 heterocycles. The quantitative estimate of drug-likeness (QED) is 0.327. The zero-order valence-corrected chi connectivity index (χ0v) is 20.9. The van der Waals surface area contributed by atoms with Crippen molar-refractivity contribution in [3.63, 3.8) is 0 Å². The van der Waals surface area contributed by atoms with Crippen LogP contribution in [0.25, 0.3) is 5.76 Å². The number of amides is 1. The number of hydrogen-bond donors (Lipinski definition) is 1. The molecule has 6 heteroatoms. The number of benzene rings is 1. The topological polar surface area (TPSA) is 66.8 Å². The van der Waals surface area contributed by atoms with Crippen molar-refractivity contribution in [2.24, 2.45) is 0 Å². The van der Waals surface area contributed by atoms with Crippen molar-refractivity contribution in [1.82, 2.24) is 4.90 Å². The minimum atomic E-state index is -0.594. The fourth-order valence-corrected chi connectivity index (χ4v) is 6.06. The van der Waals surface area contributed by atoms with Gasteiger partial charge in [0.1, 0.15) is 17.6 Å². The number of carbonyl (C=O) groups is 2. The highest BCUT2D eigenvalue weighted by molar-refractivity contribution is 7.10. The molecule has 1 aromatic carbocycles. The number of rotatable bonds is 5. The van der Waals surface area contributed by atoms with Crippen molar-refractivity contribution in [3.05, 3.63) is 56.8 Å². The van der Waals surface area contributed by atoms with Crippen molar-refractivity contribution in [1.29, 1.82) is 0 Å². The van der Waals surface area contributed by atoms with Crippen LogP contribution >= 0.6 is 11.3 Å². The SMILES string of the molecule is CCOc1ccc(/C(O)=C2/C(=O)C(=O)N(C3CCCC3)C2c2sccc2C)cc1C(C)(C)C. The van der Waals surface area contributed by atoms with Crippen LogP contribution in [-0.4, -0.2) is 34.3 Å². The predicted molar refractivity (Wildman–Crippen MR) is 132 cm³/mol. The predicted octanol–water partition coefficient (Wildman–Crippen LogP) is 6.12. The first kappa shape index (κ1) is 23.6. The van der Waals surface area contributed by atoms with Gasteiger partial charge >= 0.3 is 0 Å². The molecule has 1 aliphatic carbocycles. The second-order valence-electron chi connectivity index (χ2n) is 10.0. The van der Waals surface area contributed by atoms with E-state index in [-0.39, 0.29) is 22.8 Å². The summed E-state index contributed by atoms with van der Waals surface area (Å²) in [4.78, 5) is 29.3. The summed E-state index contributed by atoms with van der Waals surface area (Å²) in [6.45, 7) is 10.7. The van der Waals surface area contributed by atoms with E-state index in [9.17, 15) is 14.7 Å². The third-order valence-electron chi connectivity index (χ3n) is 6.71. The van der Waals surface area contributed by atoms with Crippen LogP contribution in [0.3, 0.4) is 0 Å². The van der Waals surface area contributed by atoms with Crippen LogP contribution in [0.2, 0.25) is 0 Å². The lowest BCUT2D eigenvalue weighted by Crippen LogP contribution is -2.37. The second-order valence-corrected chi connectivity index (χ2v) is 11.0. The Kier molecular flexibility index (Phi) is 6.41. The minimum Gasteiger partial charge on any atom is -0.507 e. The van der Waals surface area contributed by atoms with Gasteiger partial charge in [0.05, 0.1) is 12.2 Å². The number of thiophene rings is 1. The number of aryl methyl sites for hydroxylation is 1. The Morgan fingerprint density at radius 1 is 1.18 bits per heavy atom. The van der Waals surface area contributed by atoms with Gasteiger partial charge < -0.3 is 14.7 Å². The molecule has 33 heavy (non-hydrogen) atoms. The molecule has 1 saturated heterocycles. The van der Waals surface area contributed by atoms with Gasteiger partial charge in [0.25, 0.3) is 11.7 Å². The average Bonchev–Trinajstić information content (AvgIpc) is 3.48. The molecule has 0 bridgehead atoms. The van der Waals surface area contributed by atoms with Crippen molar-refractivity contribution in [2.45, 2.75) is 77.8 Å². The Balaban J connectivity index is 1.89. The van der Waals surface area contributed by atoms with Gasteiger partial charge in [-0.1, -0.05) is 33.6 Å². The van der Waals surface area contributed by atoms with Crippen LogP contribution in [0.5, 0.6) is 5.75 Å². The Morgan fingerprint density at radius 2 is 1.88 bits per heavy atom. The molecule has 1 unspecified atom stereocenters. The summed E-state index contributed by atoms with van der Waals surface area (Å²) in [7, 11) is 0. The van der Waals surface area contributed by atoms with Crippen molar-refractivity contribution in [2.75, 3.05) is 6.61 Å². The zero-order valence-electron chi connectivity index (χ0n) is 20.1. The molecule has 1 amide bonds. The lowest BCUT2D eigenvalue weighted by Gasteiger charge is -2.30. The van der Waals surface area contributed by atoms with Crippen LogP contribution in [0.4, 0.5) is 0 Å². The molecule has 1 aliphatic heterocycles. The highest BCUT2D eigenvalue weighted by Gasteiger charge is 2.50.